The molecule has 6 heteroatoms. The SMILES string of the molecule is O=C(O)c1cc(Cl)c(OCc2ccc(Cl)cc2)c(Br)c1. The second kappa shape index (κ2) is 6.48. The maximum absolute atomic E-state index is 10.9. The molecule has 104 valence electrons. The fourth-order valence-electron chi connectivity index (χ4n) is 1.56. The predicted molar refractivity (Wildman–Crippen MR) is 81.9 cm³/mol. The number of ether oxygens (including phenoxy) is 1. The molecule has 0 spiro atoms. The number of hydrogen-bond donors (Lipinski definition) is 1. The van der Waals surface area contributed by atoms with E-state index in [9.17, 15) is 4.79 Å². The topological polar surface area (TPSA) is 46.5 Å². The minimum absolute atomic E-state index is 0.0979. The van der Waals surface area contributed by atoms with Crippen LogP contribution in [0.25, 0.3) is 0 Å². The summed E-state index contributed by atoms with van der Waals surface area (Å²) in [5.41, 5.74) is 1.03. The quantitative estimate of drug-likeness (QED) is 0.814. The number of carboxylic acid groups (broad SMARTS) is 1. The third-order valence-corrected chi connectivity index (χ3v) is 3.66. The first-order valence-electron chi connectivity index (χ1n) is 5.57. The van der Waals surface area contributed by atoms with E-state index < -0.39 is 5.97 Å². The maximum Gasteiger partial charge on any atom is 0.335 e. The highest BCUT2D eigenvalue weighted by Gasteiger charge is 2.13. The van der Waals surface area contributed by atoms with Crippen LogP contribution in [0.2, 0.25) is 10.0 Å². The van der Waals surface area contributed by atoms with Crippen LogP contribution in [0.1, 0.15) is 15.9 Å². The summed E-state index contributed by atoms with van der Waals surface area (Å²) >= 11 is 15.1. The van der Waals surface area contributed by atoms with E-state index in [0.717, 1.165) is 5.56 Å². The second-order valence-electron chi connectivity index (χ2n) is 3.99. The smallest absolute Gasteiger partial charge is 0.335 e. The molecule has 20 heavy (non-hydrogen) atoms. The van der Waals surface area contributed by atoms with Crippen molar-refractivity contribution in [3.05, 3.63) is 62.0 Å². The molecule has 0 amide bonds. The Morgan fingerprint density at radius 2 is 1.85 bits per heavy atom. The second-order valence-corrected chi connectivity index (χ2v) is 5.69. The molecule has 2 aromatic carbocycles. The van der Waals surface area contributed by atoms with Crippen molar-refractivity contribution in [3.63, 3.8) is 0 Å². The lowest BCUT2D eigenvalue weighted by atomic mass is 10.2. The van der Waals surface area contributed by atoms with Gasteiger partial charge in [-0.25, -0.2) is 4.79 Å². The van der Waals surface area contributed by atoms with Gasteiger partial charge in [-0.2, -0.15) is 0 Å². The Labute approximate surface area is 134 Å². The molecule has 0 saturated heterocycles. The molecule has 0 radical (unpaired) electrons. The van der Waals surface area contributed by atoms with Crippen LogP contribution in [0.15, 0.2) is 40.9 Å². The summed E-state index contributed by atoms with van der Waals surface area (Å²) in [6.07, 6.45) is 0. The number of halogens is 3. The van der Waals surface area contributed by atoms with Crippen LogP contribution < -0.4 is 4.74 Å². The van der Waals surface area contributed by atoms with E-state index >= 15 is 0 Å². The number of carbonyl (C=O) groups is 1. The Morgan fingerprint density at radius 3 is 2.40 bits per heavy atom. The molecule has 0 aromatic heterocycles. The van der Waals surface area contributed by atoms with Gasteiger partial charge in [-0.3, -0.25) is 0 Å². The average molecular weight is 376 g/mol. The summed E-state index contributed by atoms with van der Waals surface area (Å²) in [6, 6.07) is 10.0. The van der Waals surface area contributed by atoms with Crippen LogP contribution in [-0.4, -0.2) is 11.1 Å². The standard InChI is InChI=1S/C14H9BrCl2O3/c15-11-5-9(14(18)19)6-12(17)13(11)20-7-8-1-3-10(16)4-2-8/h1-6H,7H2,(H,18,19). The van der Waals surface area contributed by atoms with E-state index in [1.165, 1.54) is 12.1 Å². The summed E-state index contributed by atoms with van der Waals surface area (Å²) in [5, 5.41) is 9.82. The molecule has 0 atom stereocenters. The summed E-state index contributed by atoms with van der Waals surface area (Å²) in [7, 11) is 0. The van der Waals surface area contributed by atoms with Crippen molar-refractivity contribution in [2.45, 2.75) is 6.61 Å². The lowest BCUT2D eigenvalue weighted by Gasteiger charge is -2.11. The number of rotatable bonds is 4. The molecule has 0 aliphatic heterocycles. The van der Waals surface area contributed by atoms with Crippen LogP contribution in [0.4, 0.5) is 0 Å². The van der Waals surface area contributed by atoms with Gasteiger partial charge in [0.05, 0.1) is 15.1 Å². The third kappa shape index (κ3) is 3.66. The summed E-state index contributed by atoms with van der Waals surface area (Å²) in [5.74, 6) is -0.636. The van der Waals surface area contributed by atoms with E-state index in [1.54, 1.807) is 12.1 Å². The summed E-state index contributed by atoms with van der Waals surface area (Å²) in [4.78, 5) is 10.9. The Morgan fingerprint density at radius 1 is 1.20 bits per heavy atom. The first kappa shape index (κ1) is 15.2. The molecule has 0 aliphatic rings. The van der Waals surface area contributed by atoms with Crippen molar-refractivity contribution in [2.75, 3.05) is 0 Å². The molecular weight excluding hydrogens is 367 g/mol. The molecule has 0 aliphatic carbocycles. The highest BCUT2D eigenvalue weighted by atomic mass is 79.9. The first-order chi connectivity index (χ1) is 9.47. The Bertz CT molecular complexity index is 618. The molecule has 0 unspecified atom stereocenters. The third-order valence-electron chi connectivity index (χ3n) is 2.54. The fraction of sp³-hybridized carbons (Fsp3) is 0.0714. The number of aromatic carboxylic acids is 1. The van der Waals surface area contributed by atoms with E-state index in [2.05, 4.69) is 15.9 Å². The van der Waals surface area contributed by atoms with Crippen LogP contribution in [0.5, 0.6) is 5.75 Å². The van der Waals surface area contributed by atoms with Crippen LogP contribution in [0, 0.1) is 0 Å². The van der Waals surface area contributed by atoms with Crippen LogP contribution in [0.3, 0.4) is 0 Å². The summed E-state index contributed by atoms with van der Waals surface area (Å²) in [6.45, 7) is 0.307. The van der Waals surface area contributed by atoms with Crippen molar-refractivity contribution in [1.82, 2.24) is 0 Å². The molecule has 0 fully saturated rings. The Kier molecular flexibility index (Phi) is 4.91. The van der Waals surface area contributed by atoms with Gasteiger partial charge in [0.1, 0.15) is 6.61 Å². The van der Waals surface area contributed by atoms with Gasteiger partial charge >= 0.3 is 5.97 Å². The van der Waals surface area contributed by atoms with Gasteiger partial charge < -0.3 is 9.84 Å². The fourth-order valence-corrected chi connectivity index (χ4v) is 2.65. The largest absolute Gasteiger partial charge is 0.486 e. The number of benzene rings is 2. The lowest BCUT2D eigenvalue weighted by Crippen LogP contribution is -2.00. The molecule has 2 aromatic rings. The highest BCUT2D eigenvalue weighted by Crippen LogP contribution is 2.35. The van der Waals surface area contributed by atoms with Gasteiger partial charge in [-0.15, -0.1) is 0 Å². The van der Waals surface area contributed by atoms with Crippen molar-refractivity contribution >= 4 is 45.1 Å². The van der Waals surface area contributed by atoms with Gasteiger partial charge in [0.15, 0.2) is 5.75 Å². The van der Waals surface area contributed by atoms with Gasteiger partial charge in [0.2, 0.25) is 0 Å². The minimum Gasteiger partial charge on any atom is -0.486 e. The van der Waals surface area contributed by atoms with Crippen molar-refractivity contribution in [2.24, 2.45) is 0 Å². The molecule has 0 saturated carbocycles. The van der Waals surface area contributed by atoms with Crippen molar-refractivity contribution in [3.8, 4) is 5.75 Å². The van der Waals surface area contributed by atoms with Crippen molar-refractivity contribution < 1.29 is 14.6 Å². The monoisotopic (exact) mass is 374 g/mol. The highest BCUT2D eigenvalue weighted by molar-refractivity contribution is 9.10. The van der Waals surface area contributed by atoms with E-state index in [4.69, 9.17) is 33.0 Å². The maximum atomic E-state index is 10.9. The number of hydrogen-bond acceptors (Lipinski definition) is 2. The van der Waals surface area contributed by atoms with E-state index in [1.807, 2.05) is 12.1 Å². The Hall–Kier alpha value is -1.23. The normalized spacial score (nSPS) is 10.3. The molecule has 1 N–H and O–H groups in total. The van der Waals surface area contributed by atoms with Crippen molar-refractivity contribution in [1.29, 1.82) is 0 Å². The van der Waals surface area contributed by atoms with Gasteiger partial charge in [-0.1, -0.05) is 35.3 Å². The zero-order chi connectivity index (χ0) is 14.7. The van der Waals surface area contributed by atoms with E-state index in [0.29, 0.717) is 21.9 Å². The lowest BCUT2D eigenvalue weighted by molar-refractivity contribution is 0.0696. The van der Waals surface area contributed by atoms with E-state index in [-0.39, 0.29) is 10.6 Å². The Balaban J connectivity index is 2.17. The molecule has 0 heterocycles. The summed E-state index contributed by atoms with van der Waals surface area (Å²) < 4.78 is 6.11. The zero-order valence-corrected chi connectivity index (χ0v) is 13.2. The number of carboxylic acids is 1. The first-order valence-corrected chi connectivity index (χ1v) is 7.12. The zero-order valence-electron chi connectivity index (χ0n) is 10.1. The minimum atomic E-state index is -1.04. The van der Waals surface area contributed by atoms with Gasteiger partial charge in [0.25, 0.3) is 0 Å². The molecule has 2 rings (SSSR count). The molecular formula is C14H9BrCl2O3. The molecule has 0 bridgehead atoms. The average Bonchev–Trinajstić information content (AvgIpc) is 2.39. The van der Waals surface area contributed by atoms with Crippen LogP contribution in [-0.2, 0) is 6.61 Å². The predicted octanol–water partition coefficient (Wildman–Crippen LogP) is 5.03. The molecule has 3 nitrogen and oxygen atoms in total. The van der Waals surface area contributed by atoms with Gasteiger partial charge in [-0.05, 0) is 45.8 Å². The van der Waals surface area contributed by atoms with Gasteiger partial charge in [0, 0.05) is 5.02 Å². The van der Waals surface area contributed by atoms with Crippen LogP contribution >= 0.6 is 39.1 Å².